The van der Waals surface area contributed by atoms with E-state index < -0.39 is 23.1 Å². The molecule has 12 heteroatoms. The largest absolute Gasteiger partial charge is 0.435 e. The third kappa shape index (κ3) is 3.80. The van der Waals surface area contributed by atoms with Crippen LogP contribution in [0.5, 0.6) is 0 Å². The molecule has 1 aliphatic rings. The van der Waals surface area contributed by atoms with Gasteiger partial charge in [0.05, 0.1) is 11.1 Å². The van der Waals surface area contributed by atoms with Gasteiger partial charge in [0.1, 0.15) is 5.82 Å². The highest BCUT2D eigenvalue weighted by Crippen LogP contribution is 2.50. The van der Waals surface area contributed by atoms with Crippen LogP contribution in [0.4, 0.5) is 23.2 Å². The molecular formula is C22H17F4N7O. The minimum Gasteiger partial charge on any atom is -0.325 e. The van der Waals surface area contributed by atoms with Gasteiger partial charge in [-0.15, -0.1) is 5.10 Å². The minimum atomic E-state index is -4.60. The molecule has 2 N–H and O–H groups in total. The number of carbonyl (C=O) groups excluding carboxylic acids is 1. The summed E-state index contributed by atoms with van der Waals surface area (Å²) in [7, 11) is 0. The molecule has 5 rings (SSSR count). The van der Waals surface area contributed by atoms with Crippen LogP contribution in [0, 0.1) is 12.7 Å². The van der Waals surface area contributed by atoms with Crippen molar-refractivity contribution in [2.24, 2.45) is 0 Å². The van der Waals surface area contributed by atoms with Crippen LogP contribution in [0.2, 0.25) is 0 Å². The number of carbonyl (C=O) groups is 1. The maximum atomic E-state index is 14.6. The molecule has 2 aromatic carbocycles. The second-order valence-corrected chi connectivity index (χ2v) is 8.14. The lowest BCUT2D eigenvalue weighted by Crippen LogP contribution is -2.28. The summed E-state index contributed by atoms with van der Waals surface area (Å²) in [5, 5.41) is 19.8. The Morgan fingerprint density at radius 3 is 2.56 bits per heavy atom. The molecule has 34 heavy (non-hydrogen) atoms. The first kappa shape index (κ1) is 21.7. The van der Waals surface area contributed by atoms with Gasteiger partial charge in [0.25, 0.3) is 0 Å². The number of aromatic nitrogens is 6. The molecule has 0 aliphatic heterocycles. The standard InChI is InChI=1S/C22H17F4N7O/c1-12-2-4-15(16(23)10-12)21(7-8-21)20(34)27-13-3-5-17(14(11-13)19-28-31-32-29-19)33-9-6-18(30-33)22(24,25)26/h2-6,9-11H,7-8H2,1H3,(H,27,34)(H,28,29,31,32). The first-order valence-electron chi connectivity index (χ1n) is 10.3. The number of aromatic amines is 1. The predicted octanol–water partition coefficient (Wildman–Crippen LogP) is 4.19. The monoisotopic (exact) mass is 471 g/mol. The molecule has 4 aromatic rings. The number of nitrogens with zero attached hydrogens (tertiary/aromatic N) is 5. The van der Waals surface area contributed by atoms with Crippen LogP contribution in [0.1, 0.15) is 29.7 Å². The summed E-state index contributed by atoms with van der Waals surface area (Å²) < 4.78 is 54.7. The van der Waals surface area contributed by atoms with E-state index in [4.69, 9.17) is 0 Å². The zero-order chi connectivity index (χ0) is 24.1. The number of amides is 1. The third-order valence-electron chi connectivity index (χ3n) is 5.81. The number of H-pyrrole nitrogens is 1. The van der Waals surface area contributed by atoms with Gasteiger partial charge in [-0.3, -0.25) is 4.79 Å². The number of aryl methyl sites for hydroxylation is 1. The summed E-state index contributed by atoms with van der Waals surface area (Å²) in [6.45, 7) is 1.77. The molecule has 1 saturated carbocycles. The number of rotatable bonds is 5. The van der Waals surface area contributed by atoms with Gasteiger partial charge in [0.2, 0.25) is 5.91 Å². The zero-order valence-electron chi connectivity index (χ0n) is 17.7. The molecule has 0 saturated heterocycles. The zero-order valence-corrected chi connectivity index (χ0v) is 17.7. The van der Waals surface area contributed by atoms with E-state index in [-0.39, 0.29) is 17.4 Å². The summed E-state index contributed by atoms with van der Waals surface area (Å²) in [6.07, 6.45) is -2.42. The van der Waals surface area contributed by atoms with Gasteiger partial charge < -0.3 is 5.32 Å². The van der Waals surface area contributed by atoms with Gasteiger partial charge in [-0.25, -0.2) is 14.2 Å². The number of benzene rings is 2. The molecule has 2 heterocycles. The Morgan fingerprint density at radius 2 is 1.94 bits per heavy atom. The van der Waals surface area contributed by atoms with Crippen molar-refractivity contribution in [1.29, 1.82) is 0 Å². The van der Waals surface area contributed by atoms with E-state index in [0.29, 0.717) is 29.7 Å². The molecule has 1 aliphatic carbocycles. The van der Waals surface area contributed by atoms with Crippen LogP contribution in [-0.2, 0) is 16.4 Å². The summed E-state index contributed by atoms with van der Waals surface area (Å²) in [4.78, 5) is 13.1. The lowest BCUT2D eigenvalue weighted by molar-refractivity contribution is -0.141. The van der Waals surface area contributed by atoms with Crippen molar-refractivity contribution >= 4 is 11.6 Å². The van der Waals surface area contributed by atoms with Crippen molar-refractivity contribution in [3.8, 4) is 17.1 Å². The molecule has 0 bridgehead atoms. The fraction of sp³-hybridized carbons (Fsp3) is 0.227. The van der Waals surface area contributed by atoms with Crippen LogP contribution in [0.15, 0.2) is 48.7 Å². The van der Waals surface area contributed by atoms with E-state index in [1.54, 1.807) is 19.1 Å². The molecule has 2 aromatic heterocycles. The summed E-state index contributed by atoms with van der Waals surface area (Å²) in [6, 6.07) is 10.2. The third-order valence-corrected chi connectivity index (χ3v) is 5.81. The van der Waals surface area contributed by atoms with Gasteiger partial charge >= 0.3 is 6.18 Å². The molecule has 0 radical (unpaired) electrons. The maximum absolute atomic E-state index is 14.6. The summed E-state index contributed by atoms with van der Waals surface area (Å²) in [5.41, 5.74) is -0.00412. The van der Waals surface area contributed by atoms with E-state index in [1.165, 1.54) is 30.5 Å². The summed E-state index contributed by atoms with van der Waals surface area (Å²) >= 11 is 0. The van der Waals surface area contributed by atoms with Crippen molar-refractivity contribution in [2.45, 2.75) is 31.4 Å². The van der Waals surface area contributed by atoms with Crippen molar-refractivity contribution in [3.05, 3.63) is 71.3 Å². The normalized spacial score (nSPS) is 14.7. The number of tetrazole rings is 1. The van der Waals surface area contributed by atoms with E-state index in [9.17, 15) is 22.4 Å². The minimum absolute atomic E-state index is 0.167. The second kappa shape index (κ2) is 7.75. The molecule has 0 unspecified atom stereocenters. The van der Waals surface area contributed by atoms with Crippen molar-refractivity contribution < 1.29 is 22.4 Å². The number of hydrogen-bond donors (Lipinski definition) is 2. The average Bonchev–Trinajstić information content (AvgIpc) is 3.18. The molecular weight excluding hydrogens is 454 g/mol. The SMILES string of the molecule is Cc1ccc(C2(C(=O)Nc3ccc(-n4ccc(C(F)(F)F)n4)c(-c4nnn[nH]4)c3)CC2)c(F)c1. The van der Waals surface area contributed by atoms with E-state index in [2.05, 4.69) is 31.0 Å². The highest BCUT2D eigenvalue weighted by atomic mass is 19.4. The Morgan fingerprint density at radius 1 is 1.15 bits per heavy atom. The van der Waals surface area contributed by atoms with Gasteiger partial charge in [-0.2, -0.15) is 18.3 Å². The molecule has 8 nitrogen and oxygen atoms in total. The van der Waals surface area contributed by atoms with Crippen molar-refractivity contribution in [2.75, 3.05) is 5.32 Å². The molecule has 1 fully saturated rings. The Labute approximate surface area is 190 Å². The van der Waals surface area contributed by atoms with Gasteiger partial charge in [0, 0.05) is 23.0 Å². The average molecular weight is 471 g/mol. The molecule has 174 valence electrons. The lowest BCUT2D eigenvalue weighted by Gasteiger charge is -2.18. The fourth-order valence-electron chi connectivity index (χ4n) is 3.89. The van der Waals surface area contributed by atoms with Crippen LogP contribution in [0.25, 0.3) is 17.1 Å². The van der Waals surface area contributed by atoms with E-state index >= 15 is 0 Å². The van der Waals surface area contributed by atoms with Crippen LogP contribution in [0.3, 0.4) is 0 Å². The van der Waals surface area contributed by atoms with E-state index in [1.807, 2.05) is 0 Å². The smallest absolute Gasteiger partial charge is 0.325 e. The number of nitrogens with one attached hydrogen (secondary N) is 2. The van der Waals surface area contributed by atoms with Crippen LogP contribution >= 0.6 is 0 Å². The summed E-state index contributed by atoms with van der Waals surface area (Å²) in [5.74, 6) is -0.639. The number of halogens is 4. The van der Waals surface area contributed by atoms with Gasteiger partial charge in [-0.1, -0.05) is 12.1 Å². The highest BCUT2D eigenvalue weighted by molar-refractivity contribution is 6.02. The topological polar surface area (TPSA) is 101 Å². The molecule has 0 spiro atoms. The van der Waals surface area contributed by atoms with E-state index in [0.717, 1.165) is 16.3 Å². The van der Waals surface area contributed by atoms with Crippen molar-refractivity contribution in [3.63, 3.8) is 0 Å². The van der Waals surface area contributed by atoms with Crippen LogP contribution < -0.4 is 5.32 Å². The molecule has 1 amide bonds. The Balaban J connectivity index is 1.48. The van der Waals surface area contributed by atoms with Gasteiger partial charge in [-0.05, 0) is 66.1 Å². The quantitative estimate of drug-likeness (QED) is 0.425. The Hall–Kier alpha value is -4.09. The van der Waals surface area contributed by atoms with Gasteiger partial charge in [0.15, 0.2) is 11.5 Å². The first-order chi connectivity index (χ1) is 16.2. The Bertz CT molecular complexity index is 1370. The number of alkyl halides is 3. The van der Waals surface area contributed by atoms with Crippen molar-refractivity contribution in [1.82, 2.24) is 30.4 Å². The number of anilines is 1. The fourth-order valence-corrected chi connectivity index (χ4v) is 3.89. The predicted molar refractivity (Wildman–Crippen MR) is 112 cm³/mol. The van der Waals surface area contributed by atoms with Crippen LogP contribution in [-0.4, -0.2) is 36.3 Å². The lowest BCUT2D eigenvalue weighted by atomic mass is 9.93. The highest BCUT2D eigenvalue weighted by Gasteiger charge is 2.52. The Kier molecular flexibility index (Phi) is 4.95. The maximum Gasteiger partial charge on any atom is 0.435 e. The number of hydrogen-bond acceptors (Lipinski definition) is 5. The second-order valence-electron chi connectivity index (χ2n) is 8.14. The first-order valence-corrected chi connectivity index (χ1v) is 10.3. The molecule has 0 atom stereocenters.